The predicted octanol–water partition coefficient (Wildman–Crippen LogP) is 0.634. The van der Waals surface area contributed by atoms with E-state index in [2.05, 4.69) is 9.97 Å². The molecule has 0 bridgehead atoms. The minimum atomic E-state index is -0.565. The summed E-state index contributed by atoms with van der Waals surface area (Å²) >= 11 is 0. The van der Waals surface area contributed by atoms with Gasteiger partial charge in [0.15, 0.2) is 0 Å². The number of carbonyl (C=O) groups is 2. The normalized spacial score (nSPS) is 16.0. The van der Waals surface area contributed by atoms with Crippen LogP contribution in [0, 0.1) is 5.92 Å². The van der Waals surface area contributed by atoms with Gasteiger partial charge in [0.05, 0.1) is 18.8 Å². The SMILES string of the molecule is CC(C)[C@H](N)C(=O)N(CC(=O)c1cnccn1)C1CC1. The van der Waals surface area contributed by atoms with Crippen LogP contribution in [0.4, 0.5) is 0 Å². The summed E-state index contributed by atoms with van der Waals surface area (Å²) in [6.45, 7) is 3.83. The molecule has 6 nitrogen and oxygen atoms in total. The summed E-state index contributed by atoms with van der Waals surface area (Å²) in [6, 6.07) is -0.418. The van der Waals surface area contributed by atoms with Crippen molar-refractivity contribution < 1.29 is 9.59 Å². The van der Waals surface area contributed by atoms with Crippen molar-refractivity contribution in [3.8, 4) is 0 Å². The van der Waals surface area contributed by atoms with E-state index in [0.717, 1.165) is 12.8 Å². The zero-order chi connectivity index (χ0) is 14.7. The molecule has 0 saturated heterocycles. The van der Waals surface area contributed by atoms with Crippen LogP contribution >= 0.6 is 0 Å². The van der Waals surface area contributed by atoms with Gasteiger partial charge in [0.2, 0.25) is 11.7 Å². The lowest BCUT2D eigenvalue weighted by atomic mass is 10.0. The van der Waals surface area contributed by atoms with E-state index in [9.17, 15) is 9.59 Å². The topological polar surface area (TPSA) is 89.2 Å². The Hall–Kier alpha value is -1.82. The number of ketones is 1. The number of aromatic nitrogens is 2. The second kappa shape index (κ2) is 6.09. The molecular weight excluding hydrogens is 256 g/mol. The summed E-state index contributed by atoms with van der Waals surface area (Å²) in [7, 11) is 0. The van der Waals surface area contributed by atoms with Crippen molar-refractivity contribution in [3.05, 3.63) is 24.3 Å². The predicted molar refractivity (Wildman–Crippen MR) is 73.9 cm³/mol. The van der Waals surface area contributed by atoms with Gasteiger partial charge in [-0.15, -0.1) is 0 Å². The third-order valence-corrected chi connectivity index (χ3v) is 3.44. The molecule has 1 saturated carbocycles. The van der Waals surface area contributed by atoms with Crippen LogP contribution < -0.4 is 5.73 Å². The van der Waals surface area contributed by atoms with Gasteiger partial charge in [-0.05, 0) is 18.8 Å². The number of nitrogens with two attached hydrogens (primary N) is 1. The average Bonchev–Trinajstić information content (AvgIpc) is 3.28. The van der Waals surface area contributed by atoms with Gasteiger partial charge in [-0.1, -0.05) is 13.8 Å². The van der Waals surface area contributed by atoms with Crippen LogP contribution in [0.2, 0.25) is 0 Å². The Labute approximate surface area is 118 Å². The van der Waals surface area contributed by atoms with Crippen LogP contribution in [0.5, 0.6) is 0 Å². The van der Waals surface area contributed by atoms with Crippen molar-refractivity contribution in [2.24, 2.45) is 11.7 Å². The molecule has 1 aromatic heterocycles. The number of hydrogen-bond acceptors (Lipinski definition) is 5. The molecule has 0 aliphatic heterocycles. The average molecular weight is 276 g/mol. The minimum absolute atomic E-state index is 0.0304. The zero-order valence-corrected chi connectivity index (χ0v) is 11.8. The highest BCUT2D eigenvalue weighted by Gasteiger charge is 2.36. The molecule has 0 aromatic carbocycles. The fraction of sp³-hybridized carbons (Fsp3) is 0.571. The Kier molecular flexibility index (Phi) is 4.44. The van der Waals surface area contributed by atoms with E-state index in [4.69, 9.17) is 5.73 Å². The summed E-state index contributed by atoms with van der Waals surface area (Å²) in [6.07, 6.45) is 6.26. The first-order valence-corrected chi connectivity index (χ1v) is 6.86. The Morgan fingerprint density at radius 2 is 2.10 bits per heavy atom. The standard InChI is InChI=1S/C14H20N4O2/c1-9(2)13(15)14(20)18(10-3-4-10)8-12(19)11-7-16-5-6-17-11/h5-7,9-10,13H,3-4,8,15H2,1-2H3/t13-/m0/s1. The van der Waals surface area contributed by atoms with Gasteiger partial charge in [0, 0.05) is 18.4 Å². The van der Waals surface area contributed by atoms with Gasteiger partial charge in [-0.25, -0.2) is 4.98 Å². The minimum Gasteiger partial charge on any atom is -0.331 e. The third-order valence-electron chi connectivity index (χ3n) is 3.44. The molecule has 0 radical (unpaired) electrons. The molecule has 1 fully saturated rings. The van der Waals surface area contributed by atoms with E-state index in [1.165, 1.54) is 18.6 Å². The summed E-state index contributed by atoms with van der Waals surface area (Å²) in [4.78, 5) is 33.9. The molecular formula is C14H20N4O2. The van der Waals surface area contributed by atoms with Crippen molar-refractivity contribution >= 4 is 11.7 Å². The first-order chi connectivity index (χ1) is 9.50. The molecule has 20 heavy (non-hydrogen) atoms. The van der Waals surface area contributed by atoms with Gasteiger partial charge in [-0.3, -0.25) is 14.6 Å². The second-order valence-electron chi connectivity index (χ2n) is 5.48. The molecule has 2 rings (SSSR count). The van der Waals surface area contributed by atoms with Crippen LogP contribution in [0.1, 0.15) is 37.2 Å². The molecule has 2 N–H and O–H groups in total. The highest BCUT2D eigenvalue weighted by molar-refractivity contribution is 5.98. The van der Waals surface area contributed by atoms with Crippen molar-refractivity contribution in [2.45, 2.75) is 38.8 Å². The Bertz CT molecular complexity index is 485. The molecule has 108 valence electrons. The quantitative estimate of drug-likeness (QED) is 0.770. The Morgan fingerprint density at radius 3 is 2.60 bits per heavy atom. The third kappa shape index (κ3) is 3.39. The summed E-state index contributed by atoms with van der Waals surface area (Å²) in [5.74, 6) is -0.301. The molecule has 1 atom stereocenters. The van der Waals surface area contributed by atoms with E-state index in [-0.39, 0.29) is 35.9 Å². The van der Waals surface area contributed by atoms with E-state index >= 15 is 0 Å². The Balaban J connectivity index is 2.07. The summed E-state index contributed by atoms with van der Waals surface area (Å²) < 4.78 is 0. The van der Waals surface area contributed by atoms with E-state index < -0.39 is 6.04 Å². The van der Waals surface area contributed by atoms with Gasteiger partial charge in [-0.2, -0.15) is 0 Å². The smallest absolute Gasteiger partial charge is 0.240 e. The van der Waals surface area contributed by atoms with Gasteiger partial charge < -0.3 is 10.6 Å². The first-order valence-electron chi connectivity index (χ1n) is 6.86. The molecule has 1 aromatic rings. The number of amides is 1. The number of nitrogens with zero attached hydrogens (tertiary/aromatic N) is 3. The lowest BCUT2D eigenvalue weighted by molar-refractivity contribution is -0.133. The van der Waals surface area contributed by atoms with Crippen LogP contribution in [0.25, 0.3) is 0 Å². The molecule has 0 spiro atoms. The van der Waals surface area contributed by atoms with Gasteiger partial charge in [0.25, 0.3) is 0 Å². The fourth-order valence-corrected chi connectivity index (χ4v) is 1.93. The molecule has 1 aliphatic rings. The van der Waals surface area contributed by atoms with Crippen LogP contribution in [0.15, 0.2) is 18.6 Å². The summed E-state index contributed by atoms with van der Waals surface area (Å²) in [5, 5.41) is 0. The number of rotatable bonds is 6. The maximum absolute atomic E-state index is 12.3. The van der Waals surface area contributed by atoms with Crippen molar-refractivity contribution in [2.75, 3.05) is 6.54 Å². The molecule has 1 aliphatic carbocycles. The first kappa shape index (κ1) is 14.6. The molecule has 6 heteroatoms. The largest absolute Gasteiger partial charge is 0.331 e. The number of carbonyl (C=O) groups excluding carboxylic acids is 2. The highest BCUT2D eigenvalue weighted by Crippen LogP contribution is 2.28. The van der Waals surface area contributed by atoms with E-state index in [1.54, 1.807) is 4.90 Å². The molecule has 0 unspecified atom stereocenters. The zero-order valence-electron chi connectivity index (χ0n) is 11.8. The maximum Gasteiger partial charge on any atom is 0.240 e. The summed E-state index contributed by atoms with van der Waals surface area (Å²) in [5.41, 5.74) is 6.19. The van der Waals surface area contributed by atoms with Crippen molar-refractivity contribution in [1.82, 2.24) is 14.9 Å². The van der Waals surface area contributed by atoms with Crippen LogP contribution in [-0.2, 0) is 4.79 Å². The van der Waals surface area contributed by atoms with E-state index in [1.807, 2.05) is 13.8 Å². The lowest BCUT2D eigenvalue weighted by Gasteiger charge is -2.26. The van der Waals surface area contributed by atoms with Crippen molar-refractivity contribution in [1.29, 1.82) is 0 Å². The highest BCUT2D eigenvalue weighted by atomic mass is 16.2. The van der Waals surface area contributed by atoms with Gasteiger partial charge >= 0.3 is 0 Å². The van der Waals surface area contributed by atoms with Gasteiger partial charge in [0.1, 0.15) is 5.69 Å². The maximum atomic E-state index is 12.3. The molecule has 1 amide bonds. The van der Waals surface area contributed by atoms with Crippen LogP contribution in [0.3, 0.4) is 0 Å². The Morgan fingerprint density at radius 1 is 1.40 bits per heavy atom. The monoisotopic (exact) mass is 276 g/mol. The fourth-order valence-electron chi connectivity index (χ4n) is 1.93. The van der Waals surface area contributed by atoms with Crippen LogP contribution in [-0.4, -0.2) is 45.2 Å². The van der Waals surface area contributed by atoms with E-state index in [0.29, 0.717) is 0 Å². The number of Topliss-reactive ketones (excluding diaryl/α,β-unsaturated/α-hetero) is 1. The lowest BCUT2D eigenvalue weighted by Crippen LogP contribution is -2.49. The molecule has 1 heterocycles. The second-order valence-corrected chi connectivity index (χ2v) is 5.48. The van der Waals surface area contributed by atoms with Crippen molar-refractivity contribution in [3.63, 3.8) is 0 Å². The number of hydrogen-bond donors (Lipinski definition) is 1.